The number of amides is 2. The molecule has 0 unspecified atom stereocenters. The predicted octanol–water partition coefficient (Wildman–Crippen LogP) is 5.77. The SMILES string of the molecule is Cc1ccc2occ(CN(Cc3ccccc3)C(=O)CN(CCC(C)C)C(=O)C(C)(C)CCl)c(=O)c2c1. The molecule has 2 amide bonds. The van der Waals surface area contributed by atoms with E-state index in [9.17, 15) is 14.4 Å². The Bertz CT molecular complexity index is 1280. The monoisotopic (exact) mass is 524 g/mol. The molecule has 3 aromatic rings. The van der Waals surface area contributed by atoms with E-state index >= 15 is 0 Å². The Morgan fingerprint density at radius 1 is 1.03 bits per heavy atom. The Balaban J connectivity index is 1.93. The van der Waals surface area contributed by atoms with Crippen LogP contribution in [0.15, 0.2) is 64.0 Å². The van der Waals surface area contributed by atoms with Crippen molar-refractivity contribution in [2.45, 2.75) is 54.1 Å². The second-order valence-electron chi connectivity index (χ2n) is 10.8. The van der Waals surface area contributed by atoms with Crippen LogP contribution in [0.2, 0.25) is 0 Å². The number of rotatable bonds is 11. The molecule has 198 valence electrons. The van der Waals surface area contributed by atoms with E-state index in [0.717, 1.165) is 17.5 Å². The topological polar surface area (TPSA) is 70.8 Å². The van der Waals surface area contributed by atoms with E-state index in [1.807, 2.05) is 43.3 Å². The maximum Gasteiger partial charge on any atom is 0.242 e. The summed E-state index contributed by atoms with van der Waals surface area (Å²) in [6.45, 7) is 10.4. The van der Waals surface area contributed by atoms with Gasteiger partial charge in [0.2, 0.25) is 11.8 Å². The standard InChI is InChI=1S/C30H37ClN2O4/c1-21(2)13-14-32(29(36)30(4,5)20-31)18-27(34)33(16-23-9-7-6-8-10-23)17-24-19-37-26-12-11-22(3)15-25(26)28(24)35/h6-12,15,19,21H,13-14,16-18,20H2,1-5H3. The van der Waals surface area contributed by atoms with Gasteiger partial charge in [0.15, 0.2) is 5.43 Å². The maximum atomic E-state index is 13.7. The van der Waals surface area contributed by atoms with Crippen LogP contribution in [0.3, 0.4) is 0 Å². The van der Waals surface area contributed by atoms with Crippen molar-refractivity contribution in [1.82, 2.24) is 9.80 Å². The minimum absolute atomic E-state index is 0.0745. The summed E-state index contributed by atoms with van der Waals surface area (Å²) in [5.41, 5.74) is 1.83. The van der Waals surface area contributed by atoms with Crippen LogP contribution >= 0.6 is 11.6 Å². The van der Waals surface area contributed by atoms with Gasteiger partial charge in [-0.1, -0.05) is 55.8 Å². The van der Waals surface area contributed by atoms with Crippen molar-refractivity contribution in [3.63, 3.8) is 0 Å². The van der Waals surface area contributed by atoms with Gasteiger partial charge in [-0.05, 0) is 50.8 Å². The highest BCUT2D eigenvalue weighted by Crippen LogP contribution is 2.22. The Morgan fingerprint density at radius 2 is 1.73 bits per heavy atom. The third-order valence-corrected chi connectivity index (χ3v) is 7.10. The van der Waals surface area contributed by atoms with Crippen LogP contribution in [-0.2, 0) is 22.7 Å². The minimum atomic E-state index is -0.791. The number of nitrogens with zero attached hydrogens (tertiary/aromatic N) is 2. The molecule has 0 aliphatic heterocycles. The molecule has 0 atom stereocenters. The Labute approximate surface area is 224 Å². The van der Waals surface area contributed by atoms with Crippen molar-refractivity contribution in [3.8, 4) is 0 Å². The van der Waals surface area contributed by atoms with Gasteiger partial charge >= 0.3 is 0 Å². The van der Waals surface area contributed by atoms with Gasteiger partial charge in [-0.2, -0.15) is 0 Å². The summed E-state index contributed by atoms with van der Waals surface area (Å²) in [6, 6.07) is 15.1. The average Bonchev–Trinajstić information content (AvgIpc) is 2.87. The van der Waals surface area contributed by atoms with E-state index in [2.05, 4.69) is 13.8 Å². The van der Waals surface area contributed by atoms with Crippen LogP contribution in [0.1, 0.15) is 50.8 Å². The summed E-state index contributed by atoms with van der Waals surface area (Å²) in [5.74, 6) is 0.131. The van der Waals surface area contributed by atoms with Gasteiger partial charge in [-0.3, -0.25) is 14.4 Å². The van der Waals surface area contributed by atoms with Gasteiger partial charge in [-0.25, -0.2) is 0 Å². The molecule has 0 saturated heterocycles. The van der Waals surface area contributed by atoms with Gasteiger partial charge < -0.3 is 14.2 Å². The van der Waals surface area contributed by atoms with E-state index in [1.165, 1.54) is 6.26 Å². The zero-order chi connectivity index (χ0) is 27.2. The Kier molecular flexibility index (Phi) is 9.55. The van der Waals surface area contributed by atoms with Crippen LogP contribution in [0.25, 0.3) is 11.0 Å². The number of benzene rings is 2. The lowest BCUT2D eigenvalue weighted by Gasteiger charge is -2.33. The molecule has 37 heavy (non-hydrogen) atoms. The highest BCUT2D eigenvalue weighted by molar-refractivity contribution is 6.19. The molecule has 0 N–H and O–H groups in total. The number of hydrogen-bond acceptors (Lipinski definition) is 4. The van der Waals surface area contributed by atoms with E-state index < -0.39 is 5.41 Å². The number of carbonyl (C=O) groups excluding carboxylic acids is 2. The van der Waals surface area contributed by atoms with E-state index in [1.54, 1.807) is 35.8 Å². The van der Waals surface area contributed by atoms with E-state index in [4.69, 9.17) is 16.0 Å². The van der Waals surface area contributed by atoms with Crippen molar-refractivity contribution < 1.29 is 14.0 Å². The smallest absolute Gasteiger partial charge is 0.242 e. The van der Waals surface area contributed by atoms with Crippen LogP contribution < -0.4 is 5.43 Å². The molecule has 0 aliphatic carbocycles. The highest BCUT2D eigenvalue weighted by atomic mass is 35.5. The molecule has 6 nitrogen and oxygen atoms in total. The lowest BCUT2D eigenvalue weighted by atomic mass is 9.94. The second-order valence-corrected chi connectivity index (χ2v) is 11.0. The molecule has 1 heterocycles. The fourth-order valence-electron chi connectivity index (χ4n) is 4.05. The van der Waals surface area contributed by atoms with Crippen molar-refractivity contribution in [2.24, 2.45) is 11.3 Å². The predicted molar refractivity (Wildman–Crippen MR) is 148 cm³/mol. The third-order valence-electron chi connectivity index (χ3n) is 6.43. The zero-order valence-corrected chi connectivity index (χ0v) is 23.2. The molecule has 0 saturated carbocycles. The third kappa shape index (κ3) is 7.45. The van der Waals surface area contributed by atoms with Crippen molar-refractivity contribution in [2.75, 3.05) is 19.0 Å². The first kappa shape index (κ1) is 28.5. The van der Waals surface area contributed by atoms with Gasteiger partial charge in [0.05, 0.1) is 35.7 Å². The quantitative estimate of drug-likeness (QED) is 0.298. The van der Waals surface area contributed by atoms with Crippen molar-refractivity contribution in [1.29, 1.82) is 0 Å². The maximum absolute atomic E-state index is 13.7. The van der Waals surface area contributed by atoms with Gasteiger partial charge in [0.25, 0.3) is 0 Å². The van der Waals surface area contributed by atoms with Crippen LogP contribution in [0.5, 0.6) is 0 Å². The first-order valence-corrected chi connectivity index (χ1v) is 13.2. The highest BCUT2D eigenvalue weighted by Gasteiger charge is 2.33. The number of halogens is 1. The van der Waals surface area contributed by atoms with Crippen molar-refractivity contribution in [3.05, 3.63) is 81.7 Å². The zero-order valence-electron chi connectivity index (χ0n) is 22.4. The summed E-state index contributed by atoms with van der Waals surface area (Å²) in [7, 11) is 0. The first-order valence-electron chi connectivity index (χ1n) is 12.7. The van der Waals surface area contributed by atoms with Crippen LogP contribution in [0, 0.1) is 18.3 Å². The second kappa shape index (κ2) is 12.4. The fraction of sp³-hybridized carbons (Fsp3) is 0.433. The molecule has 0 fully saturated rings. The van der Waals surface area contributed by atoms with Crippen molar-refractivity contribution >= 4 is 34.4 Å². The first-order chi connectivity index (χ1) is 17.5. The average molecular weight is 525 g/mol. The number of hydrogen-bond donors (Lipinski definition) is 0. The summed E-state index contributed by atoms with van der Waals surface area (Å²) >= 11 is 6.10. The lowest BCUT2D eigenvalue weighted by molar-refractivity contribution is -0.146. The molecule has 0 bridgehead atoms. The van der Waals surface area contributed by atoms with Gasteiger partial charge in [0, 0.05) is 19.0 Å². The summed E-state index contributed by atoms with van der Waals surface area (Å²) < 4.78 is 5.74. The molecule has 2 aromatic carbocycles. The molecule has 0 aliphatic rings. The summed E-state index contributed by atoms with van der Waals surface area (Å²) in [6.07, 6.45) is 2.20. The molecule has 3 rings (SSSR count). The molecule has 0 spiro atoms. The molecular formula is C30H37ClN2O4. The van der Waals surface area contributed by atoms with Gasteiger partial charge in [0.1, 0.15) is 5.58 Å². The largest absolute Gasteiger partial charge is 0.464 e. The molecule has 7 heteroatoms. The van der Waals surface area contributed by atoms with Crippen LogP contribution in [-0.4, -0.2) is 40.6 Å². The fourth-order valence-corrected chi connectivity index (χ4v) is 4.17. The molecule has 1 aromatic heterocycles. The number of fused-ring (bicyclic) bond motifs is 1. The van der Waals surface area contributed by atoms with E-state index in [-0.39, 0.29) is 36.2 Å². The number of alkyl halides is 1. The molecular weight excluding hydrogens is 488 g/mol. The Hall–Kier alpha value is -3.12. The summed E-state index contributed by atoms with van der Waals surface area (Å²) in [4.78, 5) is 43.6. The molecule has 0 radical (unpaired) electrons. The number of aryl methyl sites for hydroxylation is 1. The normalized spacial score (nSPS) is 11.6. The van der Waals surface area contributed by atoms with Crippen LogP contribution in [0.4, 0.5) is 0 Å². The lowest BCUT2D eigenvalue weighted by Crippen LogP contribution is -2.48. The van der Waals surface area contributed by atoms with Gasteiger partial charge in [-0.15, -0.1) is 11.6 Å². The summed E-state index contributed by atoms with van der Waals surface area (Å²) in [5, 5.41) is 0.488. The minimum Gasteiger partial charge on any atom is -0.464 e. The number of carbonyl (C=O) groups is 2. The Morgan fingerprint density at radius 3 is 2.38 bits per heavy atom. The van der Waals surface area contributed by atoms with E-state index in [0.29, 0.717) is 35.5 Å².